The van der Waals surface area contributed by atoms with E-state index in [-0.39, 0.29) is 101 Å². The summed E-state index contributed by atoms with van der Waals surface area (Å²) in [6.07, 6.45) is 20.3. The predicted octanol–water partition coefficient (Wildman–Crippen LogP) is 13.6. The van der Waals surface area contributed by atoms with Crippen LogP contribution in [0.25, 0.3) is 0 Å². The summed E-state index contributed by atoms with van der Waals surface area (Å²) < 4.78 is 31.4. The van der Waals surface area contributed by atoms with Gasteiger partial charge in [0.1, 0.15) is 11.7 Å². The average Bonchev–Trinajstić information content (AvgIpc) is 0.857. The number of aliphatic hydroxyl groups is 14. The lowest BCUT2D eigenvalue weighted by atomic mass is 9.95. The van der Waals surface area contributed by atoms with Crippen LogP contribution in [-0.2, 0) is 62.0 Å². The first-order valence-corrected chi connectivity index (χ1v) is 54.5. The Bertz CT molecular complexity index is 2880. The van der Waals surface area contributed by atoms with Gasteiger partial charge in [-0.2, -0.15) is 82.3 Å². The van der Waals surface area contributed by atoms with Crippen molar-refractivity contribution in [1.82, 2.24) is 0 Å². The molecule has 9 atom stereocenters. The highest BCUT2D eigenvalue weighted by Gasteiger charge is 2.36. The molecular weight excluding hydrogens is 1810 g/mol. The number of carbonyl (C=O) groups is 7. The normalized spacial score (nSPS) is 14.6. The first-order chi connectivity index (χ1) is 61.1. The molecule has 0 spiro atoms. The molecule has 0 bridgehead atoms. The van der Waals surface area contributed by atoms with Gasteiger partial charge in [-0.1, -0.05) is 141 Å². The Balaban J connectivity index is -0.000000471. The van der Waals surface area contributed by atoms with Crippen LogP contribution in [-0.4, -0.2) is 327 Å². The predicted molar refractivity (Wildman–Crippen MR) is 536 cm³/mol. The average molecular weight is 1990 g/mol. The van der Waals surface area contributed by atoms with Crippen LogP contribution in [0, 0.1) is 33.0 Å². The van der Waals surface area contributed by atoms with Crippen molar-refractivity contribution in [3.8, 4) is 0 Å². The number of ether oxygens (including phenoxy) is 6. The van der Waals surface area contributed by atoms with Crippen molar-refractivity contribution in [3.63, 3.8) is 0 Å². The number of thioether (sulfide) groups is 7. The third kappa shape index (κ3) is 82.5. The van der Waals surface area contributed by atoms with Gasteiger partial charge in [0, 0.05) is 81.2 Å². The third-order valence-corrected chi connectivity index (χ3v) is 29.5. The van der Waals surface area contributed by atoms with E-state index < -0.39 is 81.4 Å². The molecule has 0 amide bonds. The van der Waals surface area contributed by atoms with Crippen LogP contribution in [0.3, 0.4) is 0 Å². The highest BCUT2D eigenvalue weighted by molar-refractivity contribution is 8.00. The van der Waals surface area contributed by atoms with Gasteiger partial charge in [-0.3, -0.25) is 33.6 Å². The summed E-state index contributed by atoms with van der Waals surface area (Å²) in [5.41, 5.74) is -1.97. The Kier molecular flexibility index (Phi) is 88.3. The second-order valence-electron chi connectivity index (χ2n) is 36.9. The van der Waals surface area contributed by atoms with Gasteiger partial charge in [0.15, 0.2) is 0 Å². The molecule has 0 aromatic heterocycles. The Morgan fingerprint density at radius 3 is 1.12 bits per heavy atom. The molecule has 130 heavy (non-hydrogen) atoms. The molecule has 0 radical (unpaired) electrons. The van der Waals surface area contributed by atoms with Gasteiger partial charge in [-0.05, 0) is 171 Å². The molecular formula is C95H180O28S7. The topological polar surface area (TPSA) is 478 Å². The lowest BCUT2D eigenvalue weighted by Gasteiger charge is -2.28. The van der Waals surface area contributed by atoms with Gasteiger partial charge in [0.2, 0.25) is 0 Å². The fourth-order valence-corrected chi connectivity index (χ4v) is 18.3. The van der Waals surface area contributed by atoms with E-state index in [1.54, 1.807) is 25.6 Å². The quantitative estimate of drug-likeness (QED) is 0.0164. The number of hydrogen-bond acceptors (Lipinski definition) is 34. The maximum atomic E-state index is 12.2. The Labute approximate surface area is 812 Å². The number of aliphatic carboxylic acids is 1. The van der Waals surface area contributed by atoms with Gasteiger partial charge in [-0.15, -0.1) is 0 Å². The van der Waals surface area contributed by atoms with Gasteiger partial charge in [0.25, 0.3) is 0 Å². The van der Waals surface area contributed by atoms with E-state index in [1.807, 2.05) is 94.4 Å². The Hall–Kier alpha value is -2.60. The van der Waals surface area contributed by atoms with Crippen LogP contribution in [0.2, 0.25) is 0 Å². The summed E-state index contributed by atoms with van der Waals surface area (Å²) >= 11 is 10.3. The van der Waals surface area contributed by atoms with Crippen molar-refractivity contribution >= 4 is 124 Å². The molecule has 1 saturated carbocycles. The summed E-state index contributed by atoms with van der Waals surface area (Å²) in [6, 6.07) is 10.3. The summed E-state index contributed by atoms with van der Waals surface area (Å²) in [6.45, 7) is 32.3. The maximum Gasteiger partial charge on any atom is 0.312 e. The molecule has 1 aromatic carbocycles. The molecule has 15 N–H and O–H groups in total. The van der Waals surface area contributed by atoms with E-state index in [2.05, 4.69) is 44.6 Å². The lowest BCUT2D eigenvalue weighted by molar-refractivity contribution is -0.164. The molecule has 28 nitrogen and oxygen atoms in total. The summed E-state index contributed by atoms with van der Waals surface area (Å²) in [7, 11) is 1.36. The van der Waals surface area contributed by atoms with E-state index in [4.69, 9.17) is 74.7 Å². The monoisotopic (exact) mass is 1990 g/mol. The molecule has 1 aliphatic carbocycles. The van der Waals surface area contributed by atoms with Crippen LogP contribution in [0.1, 0.15) is 283 Å². The van der Waals surface area contributed by atoms with Crippen LogP contribution in [0.4, 0.5) is 0 Å². The molecule has 0 aliphatic heterocycles. The largest absolute Gasteiger partial charge is 0.481 e. The first kappa shape index (κ1) is 136. The number of aliphatic hydroxyl groups excluding tert-OH is 14. The Morgan fingerprint density at radius 1 is 0.392 bits per heavy atom. The number of methoxy groups -OCH3 is 1. The van der Waals surface area contributed by atoms with Crippen molar-refractivity contribution in [1.29, 1.82) is 0 Å². The minimum absolute atomic E-state index is 0.0913. The number of hydrogen-bond donors (Lipinski definition) is 15. The minimum Gasteiger partial charge on any atom is -0.481 e. The van der Waals surface area contributed by atoms with Crippen LogP contribution in [0.5, 0.6) is 0 Å². The highest BCUT2D eigenvalue weighted by Crippen LogP contribution is 2.32. The molecule has 770 valence electrons. The first-order valence-electron chi connectivity index (χ1n) is 46.4. The van der Waals surface area contributed by atoms with Crippen LogP contribution < -0.4 is 0 Å². The standard InChI is InChI=1S/C20H40O4S.C16H32O4S.C14H26O4S.C12H22O6S.C12H24O4S.C12H18O2S.C9H18O4S/c1-4-5-6-7-8-9-10-11-12-13-14-24-19(23)20(2,3)17-25-16-18(22)15-21;1-5-7-8-13(6-2)10-20-15(19)16(3,4)12-21-11-14(18)9-17;1-14(2,10-19-9-11(16)8-15)13(17)18-12-6-4-3-5-7-12;13-8-10(14)9-19-7-5-12(17)18-6-3-1-2-4-11(15)16;1-11(2,3)16-10(15)12(4,5)8-17-7-9(14)6-13;1-10(8-15-9-12(14)7-13)11-5-3-2-4-6-11;1-9(2,8(12)13-3)6-14-5-7(11)4-10/h18,21-22H,4-17H2,1-3H3;13-14,17-18H,5-12H2,1-4H3;11-12,15-16H,3-10H2,1-2H3;10,13-14H,1-9H2,(H,15,16);9,13-14H,6-8H2,1-5H3;2-6,10,12-14H,7-9H2,1H3;7,10-11H,4-6H2,1-3H3. The fraction of sp³-hybridized carbons (Fsp3) is 0.863. The number of rotatable bonds is 66. The van der Waals surface area contributed by atoms with Crippen LogP contribution >= 0.6 is 82.3 Å². The lowest BCUT2D eigenvalue weighted by Crippen LogP contribution is -2.35. The second kappa shape index (κ2) is 84.5. The van der Waals surface area contributed by atoms with Crippen molar-refractivity contribution in [2.45, 2.75) is 332 Å². The summed E-state index contributed by atoms with van der Waals surface area (Å²) in [5, 5.41) is 134. The summed E-state index contributed by atoms with van der Waals surface area (Å²) in [5.74, 6) is 6.41. The van der Waals surface area contributed by atoms with E-state index in [0.717, 1.165) is 63.5 Å². The van der Waals surface area contributed by atoms with Gasteiger partial charge in [-0.25, -0.2) is 0 Å². The van der Waals surface area contributed by atoms with Crippen molar-refractivity contribution < 1.29 is 139 Å². The van der Waals surface area contributed by atoms with E-state index in [1.165, 1.54) is 154 Å². The molecule has 9 unspecified atom stereocenters. The third-order valence-electron chi connectivity index (χ3n) is 19.3. The van der Waals surface area contributed by atoms with E-state index >= 15 is 0 Å². The number of benzene rings is 1. The van der Waals surface area contributed by atoms with Gasteiger partial charge < -0.3 is 105 Å². The van der Waals surface area contributed by atoms with E-state index in [9.17, 15) is 59.1 Å². The molecule has 2 rings (SSSR count). The number of unbranched alkanes of at least 4 members (excludes halogenated alkanes) is 12. The molecule has 0 saturated heterocycles. The smallest absolute Gasteiger partial charge is 0.312 e. The number of carboxylic acids is 1. The molecule has 35 heteroatoms. The second-order valence-corrected chi connectivity index (χ2v) is 44.3. The minimum atomic E-state index is -0.806. The van der Waals surface area contributed by atoms with E-state index in [0.29, 0.717) is 119 Å². The van der Waals surface area contributed by atoms with Gasteiger partial charge >= 0.3 is 41.8 Å². The van der Waals surface area contributed by atoms with Crippen molar-refractivity contribution in [2.75, 3.05) is 154 Å². The van der Waals surface area contributed by atoms with Crippen molar-refractivity contribution in [3.05, 3.63) is 35.9 Å². The Morgan fingerprint density at radius 2 is 0.738 bits per heavy atom. The van der Waals surface area contributed by atoms with Crippen molar-refractivity contribution in [2.24, 2.45) is 33.0 Å². The number of carbonyl (C=O) groups excluding carboxylic acids is 6. The maximum absolute atomic E-state index is 12.2. The molecule has 1 fully saturated rings. The SMILES string of the molecule is CC(C)(C)OC(=O)C(C)(C)CSCC(O)CO.CC(C)(CSCC(O)CO)C(=O)OC1CCCCC1.CC(CSCC(O)CO)c1ccccc1.CCCCC(CC)COC(=O)C(C)(C)CSCC(O)CO.CCCCCCCCCCCCOC(=O)C(C)(C)CSCC(O)CO.COC(=O)C(C)(C)CSCC(O)CO.O=C(O)CCCCCOC(=O)CCSCC(O)CO. The fourth-order valence-electron chi connectivity index (χ4n) is 10.8. The number of esters is 6. The molecule has 0 heterocycles. The van der Waals surface area contributed by atoms with Gasteiger partial charge in [0.05, 0.1) is 149 Å². The summed E-state index contributed by atoms with van der Waals surface area (Å²) in [4.78, 5) is 81.0. The zero-order chi connectivity index (χ0) is 100. The number of carboxylic acid groups (broad SMARTS) is 1. The zero-order valence-corrected chi connectivity index (χ0v) is 88.2. The zero-order valence-electron chi connectivity index (χ0n) is 82.5. The van der Waals surface area contributed by atoms with Crippen LogP contribution in [0.15, 0.2) is 30.3 Å². The highest BCUT2D eigenvalue weighted by atomic mass is 32.2. The molecule has 1 aliphatic rings. The molecule has 1 aromatic rings.